The SMILES string of the molecule is COc1ccc(C(C)O)cc1CN(C)Cc1nccn1C. The molecular formula is C16H23N3O2. The van der Waals surface area contributed by atoms with Gasteiger partial charge in [0.2, 0.25) is 0 Å². The van der Waals surface area contributed by atoms with Crippen LogP contribution in [0, 0.1) is 0 Å². The Labute approximate surface area is 125 Å². The Morgan fingerprint density at radius 1 is 1.38 bits per heavy atom. The van der Waals surface area contributed by atoms with Gasteiger partial charge in [0.25, 0.3) is 0 Å². The predicted octanol–water partition coefficient (Wildman–Crippen LogP) is 2.11. The number of benzene rings is 1. The highest BCUT2D eigenvalue weighted by Gasteiger charge is 2.11. The van der Waals surface area contributed by atoms with E-state index in [1.807, 2.05) is 43.1 Å². The Hall–Kier alpha value is -1.85. The van der Waals surface area contributed by atoms with E-state index in [0.717, 1.165) is 35.8 Å². The summed E-state index contributed by atoms with van der Waals surface area (Å²) in [5.74, 6) is 1.86. The summed E-state index contributed by atoms with van der Waals surface area (Å²) in [6, 6.07) is 5.80. The van der Waals surface area contributed by atoms with Crippen LogP contribution >= 0.6 is 0 Å². The first-order valence-corrected chi connectivity index (χ1v) is 7.01. The van der Waals surface area contributed by atoms with Gasteiger partial charge in [0.1, 0.15) is 11.6 Å². The molecule has 1 unspecified atom stereocenters. The molecule has 1 heterocycles. The van der Waals surface area contributed by atoms with Crippen molar-refractivity contribution in [1.29, 1.82) is 0 Å². The van der Waals surface area contributed by atoms with E-state index in [0.29, 0.717) is 0 Å². The van der Waals surface area contributed by atoms with Gasteiger partial charge in [-0.05, 0) is 31.7 Å². The summed E-state index contributed by atoms with van der Waals surface area (Å²) in [5.41, 5.74) is 1.96. The van der Waals surface area contributed by atoms with Crippen molar-refractivity contribution in [3.63, 3.8) is 0 Å². The van der Waals surface area contributed by atoms with E-state index in [2.05, 4.69) is 9.88 Å². The Kier molecular flexibility index (Phi) is 4.98. The molecule has 0 aliphatic carbocycles. The molecule has 0 saturated carbocycles. The molecule has 1 atom stereocenters. The maximum absolute atomic E-state index is 9.72. The van der Waals surface area contributed by atoms with Crippen LogP contribution in [-0.4, -0.2) is 33.7 Å². The number of methoxy groups -OCH3 is 1. The number of aromatic nitrogens is 2. The van der Waals surface area contributed by atoms with Crippen LogP contribution in [0.15, 0.2) is 30.6 Å². The van der Waals surface area contributed by atoms with Crippen LogP contribution in [0.2, 0.25) is 0 Å². The molecule has 0 radical (unpaired) electrons. The van der Waals surface area contributed by atoms with Gasteiger partial charge in [-0.3, -0.25) is 4.90 Å². The number of aliphatic hydroxyl groups excluding tert-OH is 1. The van der Waals surface area contributed by atoms with Crippen LogP contribution in [0.4, 0.5) is 0 Å². The van der Waals surface area contributed by atoms with Gasteiger partial charge in [0.05, 0.1) is 19.8 Å². The molecule has 1 aromatic carbocycles. The Bertz CT molecular complexity index is 593. The molecule has 2 aromatic rings. The van der Waals surface area contributed by atoms with Gasteiger partial charge >= 0.3 is 0 Å². The average Bonchev–Trinajstić information content (AvgIpc) is 2.84. The molecular weight excluding hydrogens is 266 g/mol. The Morgan fingerprint density at radius 3 is 2.71 bits per heavy atom. The fourth-order valence-corrected chi connectivity index (χ4v) is 2.32. The van der Waals surface area contributed by atoms with E-state index >= 15 is 0 Å². The molecule has 0 amide bonds. The average molecular weight is 289 g/mol. The van der Waals surface area contributed by atoms with Crippen molar-refractivity contribution in [2.45, 2.75) is 26.1 Å². The molecule has 5 heteroatoms. The molecule has 0 aliphatic heterocycles. The van der Waals surface area contributed by atoms with Crippen molar-refractivity contribution in [3.05, 3.63) is 47.5 Å². The van der Waals surface area contributed by atoms with Crippen LogP contribution in [0.1, 0.15) is 30.0 Å². The molecule has 21 heavy (non-hydrogen) atoms. The summed E-state index contributed by atoms with van der Waals surface area (Å²) in [7, 11) is 5.70. The van der Waals surface area contributed by atoms with Gasteiger partial charge in [-0.15, -0.1) is 0 Å². The Morgan fingerprint density at radius 2 is 2.14 bits per heavy atom. The van der Waals surface area contributed by atoms with Crippen molar-refractivity contribution in [2.75, 3.05) is 14.2 Å². The van der Waals surface area contributed by atoms with Crippen LogP contribution in [0.3, 0.4) is 0 Å². The lowest BCUT2D eigenvalue weighted by molar-refractivity contribution is 0.199. The van der Waals surface area contributed by atoms with Crippen LogP contribution in [0.25, 0.3) is 0 Å². The first-order chi connectivity index (χ1) is 10.0. The quantitative estimate of drug-likeness (QED) is 0.885. The van der Waals surface area contributed by atoms with Crippen molar-refractivity contribution in [3.8, 4) is 5.75 Å². The number of aryl methyl sites for hydroxylation is 1. The lowest BCUT2D eigenvalue weighted by Gasteiger charge is -2.19. The van der Waals surface area contributed by atoms with Gasteiger partial charge in [-0.25, -0.2) is 4.98 Å². The van der Waals surface area contributed by atoms with Gasteiger partial charge < -0.3 is 14.4 Å². The third kappa shape index (κ3) is 3.83. The maximum atomic E-state index is 9.72. The van der Waals surface area contributed by atoms with Crippen molar-refractivity contribution in [2.24, 2.45) is 7.05 Å². The zero-order valence-corrected chi connectivity index (χ0v) is 13.1. The third-order valence-corrected chi connectivity index (χ3v) is 3.56. The standard InChI is InChI=1S/C16H23N3O2/c1-12(20)13-5-6-15(21-4)14(9-13)10-18(2)11-16-17-7-8-19(16)3/h5-9,12,20H,10-11H2,1-4H3. The van der Waals surface area contributed by atoms with Gasteiger partial charge in [-0.1, -0.05) is 6.07 Å². The van der Waals surface area contributed by atoms with Gasteiger partial charge in [-0.2, -0.15) is 0 Å². The second-order valence-corrected chi connectivity index (χ2v) is 5.37. The molecule has 0 aliphatic rings. The first-order valence-electron chi connectivity index (χ1n) is 7.01. The van der Waals surface area contributed by atoms with Crippen LogP contribution in [-0.2, 0) is 20.1 Å². The third-order valence-electron chi connectivity index (χ3n) is 3.56. The van der Waals surface area contributed by atoms with Crippen molar-refractivity contribution < 1.29 is 9.84 Å². The van der Waals surface area contributed by atoms with Gasteiger partial charge in [0, 0.05) is 31.5 Å². The largest absolute Gasteiger partial charge is 0.496 e. The minimum absolute atomic E-state index is 0.477. The molecule has 0 bridgehead atoms. The summed E-state index contributed by atoms with van der Waals surface area (Å²) in [6.45, 7) is 3.26. The molecule has 1 aromatic heterocycles. The monoisotopic (exact) mass is 289 g/mol. The van der Waals surface area contributed by atoms with E-state index in [1.54, 1.807) is 20.2 Å². The fourth-order valence-electron chi connectivity index (χ4n) is 2.32. The molecule has 114 valence electrons. The lowest BCUT2D eigenvalue weighted by atomic mass is 10.1. The van der Waals surface area contributed by atoms with E-state index in [-0.39, 0.29) is 0 Å². The smallest absolute Gasteiger partial charge is 0.123 e. The molecule has 0 spiro atoms. The van der Waals surface area contributed by atoms with E-state index in [4.69, 9.17) is 4.74 Å². The zero-order chi connectivity index (χ0) is 15.4. The summed E-state index contributed by atoms with van der Waals surface area (Å²) < 4.78 is 7.42. The summed E-state index contributed by atoms with van der Waals surface area (Å²) in [5, 5.41) is 9.72. The predicted molar refractivity (Wildman–Crippen MR) is 82.0 cm³/mol. The summed E-state index contributed by atoms with van der Waals surface area (Å²) >= 11 is 0. The molecule has 0 fully saturated rings. The summed E-state index contributed by atoms with van der Waals surface area (Å²) in [6.07, 6.45) is 3.27. The second kappa shape index (κ2) is 6.74. The number of imidazole rings is 1. The first kappa shape index (κ1) is 15.5. The zero-order valence-electron chi connectivity index (χ0n) is 13.1. The van der Waals surface area contributed by atoms with Crippen LogP contribution < -0.4 is 4.74 Å². The highest BCUT2D eigenvalue weighted by atomic mass is 16.5. The highest BCUT2D eigenvalue weighted by Crippen LogP contribution is 2.24. The number of nitrogens with zero attached hydrogens (tertiary/aromatic N) is 3. The minimum atomic E-state index is -0.477. The highest BCUT2D eigenvalue weighted by molar-refractivity contribution is 5.38. The maximum Gasteiger partial charge on any atom is 0.123 e. The van der Waals surface area contributed by atoms with E-state index in [9.17, 15) is 5.11 Å². The number of aliphatic hydroxyl groups is 1. The molecule has 5 nitrogen and oxygen atoms in total. The summed E-state index contributed by atoms with van der Waals surface area (Å²) in [4.78, 5) is 6.51. The van der Waals surface area contributed by atoms with Crippen LogP contribution in [0.5, 0.6) is 5.75 Å². The minimum Gasteiger partial charge on any atom is -0.496 e. The molecule has 0 saturated heterocycles. The fraction of sp³-hybridized carbons (Fsp3) is 0.438. The van der Waals surface area contributed by atoms with Crippen molar-refractivity contribution >= 4 is 0 Å². The number of ether oxygens (including phenoxy) is 1. The molecule has 1 N–H and O–H groups in total. The number of rotatable bonds is 6. The Balaban J connectivity index is 2.13. The topological polar surface area (TPSA) is 50.5 Å². The molecule has 2 rings (SSSR count). The van der Waals surface area contributed by atoms with E-state index < -0.39 is 6.10 Å². The second-order valence-electron chi connectivity index (χ2n) is 5.37. The number of hydrogen-bond donors (Lipinski definition) is 1. The van der Waals surface area contributed by atoms with E-state index in [1.165, 1.54) is 0 Å². The van der Waals surface area contributed by atoms with Crippen molar-refractivity contribution in [1.82, 2.24) is 14.5 Å². The normalized spacial score (nSPS) is 12.7. The number of hydrogen-bond acceptors (Lipinski definition) is 4. The lowest BCUT2D eigenvalue weighted by Crippen LogP contribution is -2.20. The van der Waals surface area contributed by atoms with Gasteiger partial charge in [0.15, 0.2) is 0 Å².